The molecule has 0 amide bonds. The molecule has 0 radical (unpaired) electrons. The normalized spacial score (nSPS) is 16.3. The first-order chi connectivity index (χ1) is 17.1. The summed E-state index contributed by atoms with van der Waals surface area (Å²) in [5.74, 6) is 0.734. The summed E-state index contributed by atoms with van der Waals surface area (Å²) in [6.07, 6.45) is 5.45. The quantitative estimate of drug-likeness (QED) is 0.343. The van der Waals surface area contributed by atoms with Crippen molar-refractivity contribution < 1.29 is 4.74 Å². The number of halogens is 1. The maximum atomic E-state index is 6.78. The molecule has 3 aromatic heterocycles. The van der Waals surface area contributed by atoms with Crippen LogP contribution in [0.15, 0.2) is 61.1 Å². The molecule has 4 heterocycles. The number of ether oxygens (including phenoxy) is 1. The van der Waals surface area contributed by atoms with Crippen molar-refractivity contribution in [1.29, 1.82) is 0 Å². The average Bonchev–Trinajstić information content (AvgIpc) is 3.34. The Morgan fingerprint density at radius 2 is 1.94 bits per heavy atom. The number of imidazole rings is 1. The molecule has 0 spiro atoms. The van der Waals surface area contributed by atoms with E-state index in [0.717, 1.165) is 67.8 Å². The van der Waals surface area contributed by atoms with Crippen LogP contribution in [-0.2, 0) is 10.3 Å². The number of rotatable bonds is 8. The second-order valence-electron chi connectivity index (χ2n) is 8.59. The van der Waals surface area contributed by atoms with Crippen LogP contribution in [0, 0.1) is 0 Å². The Kier molecular flexibility index (Phi) is 6.94. The summed E-state index contributed by atoms with van der Waals surface area (Å²) in [6.45, 7) is 5.35. The minimum absolute atomic E-state index is 0.179. The van der Waals surface area contributed by atoms with Gasteiger partial charge in [-0.05, 0) is 29.8 Å². The molecule has 0 saturated carbocycles. The lowest BCUT2D eigenvalue weighted by Crippen LogP contribution is -2.45. The van der Waals surface area contributed by atoms with Gasteiger partial charge in [0.25, 0.3) is 0 Å². The Bertz CT molecular complexity index is 1310. The highest BCUT2D eigenvalue weighted by Gasteiger charge is 2.30. The van der Waals surface area contributed by atoms with Crippen LogP contribution in [0.2, 0.25) is 5.02 Å². The van der Waals surface area contributed by atoms with E-state index >= 15 is 0 Å². The van der Waals surface area contributed by atoms with Crippen molar-refractivity contribution >= 4 is 23.1 Å². The number of pyridine rings is 1. The smallest absolute Gasteiger partial charge is 0.180 e. The molecule has 5 rings (SSSR count). The summed E-state index contributed by atoms with van der Waals surface area (Å²) in [5.41, 5.74) is 15.7. The predicted molar refractivity (Wildman–Crippen MR) is 137 cm³/mol. The highest BCUT2D eigenvalue weighted by Crippen LogP contribution is 2.29. The fourth-order valence-corrected chi connectivity index (χ4v) is 4.54. The summed E-state index contributed by atoms with van der Waals surface area (Å²) >= 11 is 6.22. The molecular weight excluding hydrogens is 464 g/mol. The van der Waals surface area contributed by atoms with Crippen LogP contribution in [0.25, 0.3) is 17.0 Å². The third-order valence-corrected chi connectivity index (χ3v) is 6.62. The van der Waals surface area contributed by atoms with Crippen molar-refractivity contribution in [3.05, 3.63) is 77.3 Å². The van der Waals surface area contributed by atoms with Gasteiger partial charge in [0.05, 0.1) is 42.0 Å². The van der Waals surface area contributed by atoms with E-state index < -0.39 is 5.54 Å². The molecule has 9 nitrogen and oxygen atoms in total. The molecule has 1 aliphatic rings. The lowest BCUT2D eigenvalue weighted by Gasteiger charge is -2.28. The number of morpholine rings is 1. The molecule has 1 unspecified atom stereocenters. The van der Waals surface area contributed by atoms with Gasteiger partial charge in [0.15, 0.2) is 11.5 Å². The molecule has 1 saturated heterocycles. The van der Waals surface area contributed by atoms with E-state index in [1.54, 1.807) is 12.4 Å². The SMILES string of the molecule is NCC(N)(c1cccc(Cl)c1)c1cccc(-c2cnc3c(NCCN4CCOCC4)nccn23)n1. The van der Waals surface area contributed by atoms with E-state index in [1.165, 1.54) is 0 Å². The van der Waals surface area contributed by atoms with Crippen LogP contribution in [-0.4, -0.2) is 70.2 Å². The van der Waals surface area contributed by atoms with Crippen molar-refractivity contribution in [1.82, 2.24) is 24.3 Å². The monoisotopic (exact) mass is 492 g/mol. The summed E-state index contributed by atoms with van der Waals surface area (Å²) < 4.78 is 7.40. The Morgan fingerprint density at radius 3 is 2.74 bits per heavy atom. The predicted octanol–water partition coefficient (Wildman–Crippen LogP) is 2.35. The van der Waals surface area contributed by atoms with E-state index in [4.69, 9.17) is 32.8 Å². The van der Waals surface area contributed by atoms with Gasteiger partial charge < -0.3 is 21.5 Å². The number of hydrogen-bond acceptors (Lipinski definition) is 8. The maximum Gasteiger partial charge on any atom is 0.180 e. The molecule has 4 aromatic rings. The van der Waals surface area contributed by atoms with E-state index in [2.05, 4.69) is 20.2 Å². The first kappa shape index (κ1) is 23.7. The number of nitrogens with one attached hydrogen (secondary N) is 1. The van der Waals surface area contributed by atoms with E-state index in [9.17, 15) is 0 Å². The van der Waals surface area contributed by atoms with Gasteiger partial charge in [-0.15, -0.1) is 0 Å². The van der Waals surface area contributed by atoms with Gasteiger partial charge >= 0.3 is 0 Å². The number of hydrogen-bond donors (Lipinski definition) is 3. The van der Waals surface area contributed by atoms with Crippen LogP contribution in [0.1, 0.15) is 11.3 Å². The number of nitrogens with zero attached hydrogens (tertiary/aromatic N) is 5. The average molecular weight is 493 g/mol. The Morgan fingerprint density at radius 1 is 1.11 bits per heavy atom. The topological polar surface area (TPSA) is 120 Å². The zero-order valence-electron chi connectivity index (χ0n) is 19.4. The first-order valence-corrected chi connectivity index (χ1v) is 12.1. The van der Waals surface area contributed by atoms with E-state index in [1.807, 2.05) is 53.1 Å². The minimum atomic E-state index is -0.977. The second kappa shape index (κ2) is 10.3. The van der Waals surface area contributed by atoms with Gasteiger partial charge in [-0.25, -0.2) is 15.0 Å². The van der Waals surface area contributed by atoms with Gasteiger partial charge in [0.2, 0.25) is 0 Å². The number of nitrogens with two attached hydrogens (primary N) is 2. The van der Waals surface area contributed by atoms with Crippen LogP contribution in [0.4, 0.5) is 5.82 Å². The Hall–Kier alpha value is -3.08. The molecule has 0 aliphatic carbocycles. The number of aromatic nitrogens is 4. The maximum absolute atomic E-state index is 6.78. The summed E-state index contributed by atoms with van der Waals surface area (Å²) in [6, 6.07) is 13.2. The lowest BCUT2D eigenvalue weighted by molar-refractivity contribution is 0.0398. The molecule has 0 bridgehead atoms. The van der Waals surface area contributed by atoms with Crippen LogP contribution in [0.3, 0.4) is 0 Å². The molecule has 1 fully saturated rings. The van der Waals surface area contributed by atoms with Crippen molar-refractivity contribution in [3.8, 4) is 11.4 Å². The molecule has 1 aliphatic heterocycles. The zero-order valence-corrected chi connectivity index (χ0v) is 20.2. The summed E-state index contributed by atoms with van der Waals surface area (Å²) in [4.78, 5) is 16.4. The Balaban J connectivity index is 1.42. The Labute approximate surface area is 209 Å². The van der Waals surface area contributed by atoms with Gasteiger partial charge in [-0.2, -0.15) is 0 Å². The fraction of sp³-hybridized carbons (Fsp3) is 0.320. The molecular formula is C25H29ClN8O. The van der Waals surface area contributed by atoms with Crippen LogP contribution in [0.5, 0.6) is 0 Å². The highest BCUT2D eigenvalue weighted by molar-refractivity contribution is 6.30. The van der Waals surface area contributed by atoms with Crippen molar-refractivity contribution in [2.75, 3.05) is 51.3 Å². The van der Waals surface area contributed by atoms with Crippen molar-refractivity contribution in [2.45, 2.75) is 5.54 Å². The largest absolute Gasteiger partial charge is 0.379 e. The zero-order chi connectivity index (χ0) is 24.3. The number of benzene rings is 1. The van der Waals surface area contributed by atoms with Crippen molar-refractivity contribution in [2.24, 2.45) is 11.5 Å². The standard InChI is InChI=1S/C25H29ClN8O/c26-19-4-1-3-18(15-19)25(28,17-27)22-6-2-5-20(32-22)21-16-31-24-23(30-8-10-34(21)24)29-7-9-33-11-13-35-14-12-33/h1-6,8,10,15-16H,7,9,11-14,17,27-28H2,(H,29,30). The van der Waals surface area contributed by atoms with Crippen molar-refractivity contribution in [3.63, 3.8) is 0 Å². The van der Waals surface area contributed by atoms with Gasteiger partial charge in [-0.3, -0.25) is 9.30 Å². The first-order valence-electron chi connectivity index (χ1n) is 11.7. The molecule has 10 heteroatoms. The lowest BCUT2D eigenvalue weighted by atomic mass is 9.87. The fourth-order valence-electron chi connectivity index (χ4n) is 4.35. The molecule has 35 heavy (non-hydrogen) atoms. The summed E-state index contributed by atoms with van der Waals surface area (Å²) in [7, 11) is 0. The number of fused-ring (bicyclic) bond motifs is 1. The van der Waals surface area contributed by atoms with E-state index in [-0.39, 0.29) is 6.54 Å². The van der Waals surface area contributed by atoms with Crippen LogP contribution < -0.4 is 16.8 Å². The summed E-state index contributed by atoms with van der Waals surface area (Å²) in [5, 5.41) is 4.03. The molecule has 5 N–H and O–H groups in total. The highest BCUT2D eigenvalue weighted by atomic mass is 35.5. The van der Waals surface area contributed by atoms with Gasteiger partial charge in [-0.1, -0.05) is 29.8 Å². The van der Waals surface area contributed by atoms with Gasteiger partial charge in [0, 0.05) is 50.1 Å². The second-order valence-corrected chi connectivity index (χ2v) is 9.02. The third-order valence-electron chi connectivity index (χ3n) is 6.38. The minimum Gasteiger partial charge on any atom is -0.379 e. The molecule has 1 atom stereocenters. The van der Waals surface area contributed by atoms with Crippen LogP contribution >= 0.6 is 11.6 Å². The number of anilines is 1. The van der Waals surface area contributed by atoms with Gasteiger partial charge in [0.1, 0.15) is 0 Å². The molecule has 1 aromatic carbocycles. The molecule has 182 valence electrons. The third kappa shape index (κ3) is 4.86. The van der Waals surface area contributed by atoms with E-state index in [0.29, 0.717) is 10.7 Å².